The van der Waals surface area contributed by atoms with Gasteiger partial charge in [0.25, 0.3) is 0 Å². The fourth-order valence-electron chi connectivity index (χ4n) is 2.24. The van der Waals surface area contributed by atoms with Crippen molar-refractivity contribution in [1.82, 2.24) is 4.90 Å². The van der Waals surface area contributed by atoms with E-state index >= 15 is 0 Å². The molecule has 0 radical (unpaired) electrons. The van der Waals surface area contributed by atoms with Gasteiger partial charge in [-0.25, -0.2) is 0 Å². The second kappa shape index (κ2) is 5.49. The summed E-state index contributed by atoms with van der Waals surface area (Å²) in [7, 11) is 0. The van der Waals surface area contributed by atoms with Crippen molar-refractivity contribution in [2.75, 3.05) is 6.54 Å². The van der Waals surface area contributed by atoms with Crippen LogP contribution in [0, 0.1) is 11.3 Å². The number of benzene rings is 1. The Labute approximate surface area is 102 Å². The molecule has 0 aliphatic carbocycles. The van der Waals surface area contributed by atoms with Gasteiger partial charge >= 0.3 is 0 Å². The number of nitrogens with zero attached hydrogens (tertiary/aromatic N) is 2. The van der Waals surface area contributed by atoms with Crippen LogP contribution in [-0.4, -0.2) is 23.4 Å². The molecular formula is C14H16N2O. The third kappa shape index (κ3) is 2.85. The van der Waals surface area contributed by atoms with Gasteiger partial charge in [-0.3, -0.25) is 4.79 Å². The summed E-state index contributed by atoms with van der Waals surface area (Å²) < 4.78 is 0. The first-order chi connectivity index (χ1) is 8.31. The van der Waals surface area contributed by atoms with Crippen LogP contribution in [-0.2, 0) is 11.2 Å². The lowest BCUT2D eigenvalue weighted by molar-refractivity contribution is -0.132. The molecule has 1 atom stereocenters. The van der Waals surface area contributed by atoms with Gasteiger partial charge in [-0.1, -0.05) is 30.3 Å². The van der Waals surface area contributed by atoms with Gasteiger partial charge < -0.3 is 4.90 Å². The monoisotopic (exact) mass is 228 g/mol. The Balaban J connectivity index is 2.02. The summed E-state index contributed by atoms with van der Waals surface area (Å²) in [6.45, 7) is 0.726. The summed E-state index contributed by atoms with van der Waals surface area (Å²) in [4.78, 5) is 13.8. The Morgan fingerprint density at radius 1 is 1.35 bits per heavy atom. The number of piperidine rings is 1. The molecule has 3 heteroatoms. The topological polar surface area (TPSA) is 44.1 Å². The molecule has 2 rings (SSSR count). The number of likely N-dealkylation sites (tertiary alicyclic amines) is 1. The normalized spacial score (nSPS) is 19.7. The van der Waals surface area contributed by atoms with Crippen LogP contribution in [0.4, 0.5) is 0 Å². The maximum Gasteiger partial charge on any atom is 0.228 e. The maximum atomic E-state index is 12.1. The molecule has 1 saturated heterocycles. The number of rotatable bonds is 2. The fraction of sp³-hybridized carbons (Fsp3) is 0.429. The average molecular weight is 228 g/mol. The zero-order chi connectivity index (χ0) is 12.1. The van der Waals surface area contributed by atoms with Crippen molar-refractivity contribution in [3.05, 3.63) is 35.9 Å². The van der Waals surface area contributed by atoms with Crippen molar-refractivity contribution < 1.29 is 4.79 Å². The number of carbonyl (C=O) groups excluding carboxylic acids is 1. The zero-order valence-corrected chi connectivity index (χ0v) is 9.80. The van der Waals surface area contributed by atoms with E-state index in [9.17, 15) is 4.79 Å². The van der Waals surface area contributed by atoms with Crippen LogP contribution >= 0.6 is 0 Å². The summed E-state index contributed by atoms with van der Waals surface area (Å²) in [5.41, 5.74) is 1.01. The van der Waals surface area contributed by atoms with Crippen LogP contribution in [0.5, 0.6) is 0 Å². The summed E-state index contributed by atoms with van der Waals surface area (Å²) in [5, 5.41) is 9.03. The maximum absolute atomic E-state index is 12.1. The lowest BCUT2D eigenvalue weighted by atomic mass is 10.0. The highest BCUT2D eigenvalue weighted by Gasteiger charge is 2.26. The minimum atomic E-state index is -0.222. The predicted octanol–water partition coefficient (Wildman–Crippen LogP) is 2.13. The minimum absolute atomic E-state index is 0.0717. The SMILES string of the molecule is N#CC1CCCCN1C(=O)Cc1ccccc1. The molecule has 3 nitrogen and oxygen atoms in total. The molecule has 1 heterocycles. The third-order valence-electron chi connectivity index (χ3n) is 3.17. The molecule has 0 saturated carbocycles. The van der Waals surface area contributed by atoms with Gasteiger partial charge in [0.15, 0.2) is 0 Å². The smallest absolute Gasteiger partial charge is 0.228 e. The first kappa shape index (κ1) is 11.7. The second-order valence-electron chi connectivity index (χ2n) is 4.39. The molecule has 88 valence electrons. The van der Waals surface area contributed by atoms with Crippen LogP contribution in [0.2, 0.25) is 0 Å². The van der Waals surface area contributed by atoms with Gasteiger partial charge in [0, 0.05) is 6.54 Å². The van der Waals surface area contributed by atoms with Gasteiger partial charge in [-0.15, -0.1) is 0 Å². The fourth-order valence-corrected chi connectivity index (χ4v) is 2.24. The molecule has 1 aromatic carbocycles. The molecule has 0 N–H and O–H groups in total. The predicted molar refractivity (Wildman–Crippen MR) is 65.1 cm³/mol. The summed E-state index contributed by atoms with van der Waals surface area (Å²) >= 11 is 0. The highest BCUT2D eigenvalue weighted by molar-refractivity contribution is 5.79. The molecule has 1 aliphatic heterocycles. The lowest BCUT2D eigenvalue weighted by Gasteiger charge is -2.31. The first-order valence-electron chi connectivity index (χ1n) is 6.04. The lowest BCUT2D eigenvalue weighted by Crippen LogP contribution is -2.43. The number of amides is 1. The Bertz CT molecular complexity index is 422. The van der Waals surface area contributed by atoms with E-state index in [1.165, 1.54) is 0 Å². The summed E-state index contributed by atoms with van der Waals surface area (Å²) in [6.07, 6.45) is 3.28. The molecule has 1 aromatic rings. The highest BCUT2D eigenvalue weighted by atomic mass is 16.2. The molecule has 1 amide bonds. The van der Waals surface area contributed by atoms with Crippen molar-refractivity contribution in [3.63, 3.8) is 0 Å². The van der Waals surface area contributed by atoms with E-state index in [1.807, 2.05) is 30.3 Å². The molecule has 0 bridgehead atoms. The van der Waals surface area contributed by atoms with Gasteiger partial charge in [-0.2, -0.15) is 5.26 Å². The largest absolute Gasteiger partial charge is 0.326 e. The van der Waals surface area contributed by atoms with E-state index in [0.717, 1.165) is 31.4 Å². The molecule has 1 unspecified atom stereocenters. The van der Waals surface area contributed by atoms with Crippen LogP contribution in [0.3, 0.4) is 0 Å². The van der Waals surface area contributed by atoms with Crippen molar-refractivity contribution in [3.8, 4) is 6.07 Å². The first-order valence-corrected chi connectivity index (χ1v) is 6.04. The zero-order valence-electron chi connectivity index (χ0n) is 9.80. The van der Waals surface area contributed by atoms with E-state index in [4.69, 9.17) is 5.26 Å². The number of nitriles is 1. The van der Waals surface area contributed by atoms with Crippen LogP contribution in [0.1, 0.15) is 24.8 Å². The van der Waals surface area contributed by atoms with Gasteiger partial charge in [-0.05, 0) is 24.8 Å². The van der Waals surface area contributed by atoms with Gasteiger partial charge in [0.2, 0.25) is 5.91 Å². The summed E-state index contributed by atoms with van der Waals surface area (Å²) in [5.74, 6) is 0.0717. The average Bonchev–Trinajstić information content (AvgIpc) is 2.40. The van der Waals surface area contributed by atoms with E-state index in [2.05, 4.69) is 6.07 Å². The van der Waals surface area contributed by atoms with Crippen LogP contribution in [0.25, 0.3) is 0 Å². The van der Waals surface area contributed by atoms with Crippen molar-refractivity contribution in [2.24, 2.45) is 0 Å². The Morgan fingerprint density at radius 2 is 2.12 bits per heavy atom. The standard InChI is InChI=1S/C14H16N2O/c15-11-13-8-4-5-9-16(13)14(17)10-12-6-2-1-3-7-12/h1-3,6-7,13H,4-5,8-10H2. The Morgan fingerprint density at radius 3 is 2.82 bits per heavy atom. The molecule has 17 heavy (non-hydrogen) atoms. The molecule has 1 aliphatic rings. The Kier molecular flexibility index (Phi) is 3.77. The third-order valence-corrected chi connectivity index (χ3v) is 3.17. The number of carbonyl (C=O) groups is 1. The molecule has 0 aromatic heterocycles. The van der Waals surface area contributed by atoms with Crippen molar-refractivity contribution in [2.45, 2.75) is 31.7 Å². The van der Waals surface area contributed by atoms with E-state index in [1.54, 1.807) is 4.90 Å². The van der Waals surface area contributed by atoms with Crippen LogP contribution < -0.4 is 0 Å². The quantitative estimate of drug-likeness (QED) is 0.778. The van der Waals surface area contributed by atoms with Crippen molar-refractivity contribution >= 4 is 5.91 Å². The van der Waals surface area contributed by atoms with Crippen LogP contribution in [0.15, 0.2) is 30.3 Å². The van der Waals surface area contributed by atoms with Gasteiger partial charge in [0.05, 0.1) is 12.5 Å². The van der Waals surface area contributed by atoms with E-state index in [-0.39, 0.29) is 11.9 Å². The molecule has 0 spiro atoms. The molecule has 1 fully saturated rings. The van der Waals surface area contributed by atoms with E-state index < -0.39 is 0 Å². The number of hydrogen-bond acceptors (Lipinski definition) is 2. The second-order valence-corrected chi connectivity index (χ2v) is 4.39. The summed E-state index contributed by atoms with van der Waals surface area (Å²) in [6, 6.07) is 11.7. The number of hydrogen-bond donors (Lipinski definition) is 0. The Hall–Kier alpha value is -1.82. The van der Waals surface area contributed by atoms with E-state index in [0.29, 0.717) is 6.42 Å². The minimum Gasteiger partial charge on any atom is -0.326 e. The highest BCUT2D eigenvalue weighted by Crippen LogP contribution is 2.17. The van der Waals surface area contributed by atoms with Gasteiger partial charge in [0.1, 0.15) is 6.04 Å². The molecular weight excluding hydrogens is 212 g/mol. The van der Waals surface area contributed by atoms with Crippen molar-refractivity contribution in [1.29, 1.82) is 5.26 Å².